The van der Waals surface area contributed by atoms with Crippen molar-refractivity contribution in [2.45, 2.75) is 70.8 Å². The van der Waals surface area contributed by atoms with E-state index in [4.69, 9.17) is 5.73 Å². The Kier molecular flexibility index (Phi) is 7.30. The molecule has 2 aliphatic carbocycles. The van der Waals surface area contributed by atoms with E-state index < -0.39 is 0 Å². The highest BCUT2D eigenvalue weighted by Gasteiger charge is 2.42. The summed E-state index contributed by atoms with van der Waals surface area (Å²) in [6.07, 6.45) is 9.62. The molecule has 0 aromatic heterocycles. The summed E-state index contributed by atoms with van der Waals surface area (Å²) in [5.74, 6) is 2.83. The highest BCUT2D eigenvalue weighted by atomic mass is 35.5. The Balaban J connectivity index is 0.00000225. The van der Waals surface area contributed by atoms with E-state index in [1.807, 2.05) is 0 Å². The van der Waals surface area contributed by atoms with Crippen LogP contribution in [0.3, 0.4) is 0 Å². The maximum absolute atomic E-state index is 13.1. The van der Waals surface area contributed by atoms with Crippen molar-refractivity contribution >= 4 is 24.2 Å². The summed E-state index contributed by atoms with van der Waals surface area (Å²) in [6, 6.07) is 0.318. The van der Waals surface area contributed by atoms with E-state index in [0.717, 1.165) is 70.6 Å². The van der Waals surface area contributed by atoms with Gasteiger partial charge in [-0.1, -0.05) is 13.3 Å². The number of nitrogens with zero attached hydrogens (tertiary/aromatic N) is 2. The Morgan fingerprint density at radius 2 is 1.21 bits per heavy atom. The zero-order chi connectivity index (χ0) is 19.0. The van der Waals surface area contributed by atoms with E-state index in [1.165, 1.54) is 19.3 Å². The summed E-state index contributed by atoms with van der Waals surface area (Å²) >= 11 is 0. The van der Waals surface area contributed by atoms with E-state index in [9.17, 15) is 9.59 Å². The lowest BCUT2D eigenvalue weighted by molar-refractivity contribution is -0.145. The van der Waals surface area contributed by atoms with Crippen molar-refractivity contribution in [3.05, 3.63) is 0 Å². The number of carbonyl (C=O) groups is 2. The number of carbonyl (C=O) groups excluding carboxylic acids is 2. The predicted molar refractivity (Wildman–Crippen MR) is 113 cm³/mol. The summed E-state index contributed by atoms with van der Waals surface area (Å²) in [5.41, 5.74) is 6.39. The first-order chi connectivity index (χ1) is 13.0. The third-order valence-electron chi connectivity index (χ3n) is 8.01. The van der Waals surface area contributed by atoms with E-state index >= 15 is 0 Å². The molecule has 4 aliphatic rings. The lowest BCUT2D eigenvalue weighted by atomic mass is 9.65. The molecule has 160 valence electrons. The van der Waals surface area contributed by atoms with E-state index in [2.05, 4.69) is 16.7 Å². The van der Waals surface area contributed by atoms with Crippen LogP contribution in [0.25, 0.3) is 0 Å². The van der Waals surface area contributed by atoms with Gasteiger partial charge in [0.05, 0.1) is 0 Å². The average molecular weight is 412 g/mol. The molecule has 2 N–H and O–H groups in total. The van der Waals surface area contributed by atoms with Crippen LogP contribution in [0.5, 0.6) is 0 Å². The van der Waals surface area contributed by atoms with Crippen molar-refractivity contribution in [3.8, 4) is 0 Å². The molecule has 2 unspecified atom stereocenters. The fraction of sp³-hybridized carbons (Fsp3) is 0.909. The molecule has 0 aromatic carbocycles. The van der Waals surface area contributed by atoms with Crippen LogP contribution < -0.4 is 5.73 Å². The Labute approximate surface area is 176 Å². The van der Waals surface area contributed by atoms with Gasteiger partial charge in [-0.15, -0.1) is 12.4 Å². The van der Waals surface area contributed by atoms with Gasteiger partial charge in [0.1, 0.15) is 0 Å². The zero-order valence-electron chi connectivity index (χ0n) is 17.4. The number of rotatable bonds is 2. The van der Waals surface area contributed by atoms with Crippen LogP contribution >= 0.6 is 12.4 Å². The maximum atomic E-state index is 13.1. The second-order valence-corrected chi connectivity index (χ2v) is 9.80. The van der Waals surface area contributed by atoms with Crippen LogP contribution in [0.1, 0.15) is 64.7 Å². The molecule has 0 radical (unpaired) electrons. The van der Waals surface area contributed by atoms with Crippen molar-refractivity contribution in [1.82, 2.24) is 9.80 Å². The van der Waals surface area contributed by atoms with Crippen LogP contribution in [0.2, 0.25) is 0 Å². The molecule has 6 heteroatoms. The number of fused-ring (bicyclic) bond motifs is 2. The average Bonchev–Trinajstić information content (AvgIpc) is 2.67. The SMILES string of the molecule is CC1CCN(C(=O)C2CCN(C(=O)C3CC4CCCC(C3)C4N)CC2)CC1.Cl. The number of amides is 2. The van der Waals surface area contributed by atoms with Crippen LogP contribution in [0.4, 0.5) is 0 Å². The van der Waals surface area contributed by atoms with Crippen molar-refractivity contribution in [2.24, 2.45) is 35.3 Å². The van der Waals surface area contributed by atoms with Gasteiger partial charge in [0.15, 0.2) is 0 Å². The molecule has 2 saturated carbocycles. The fourth-order valence-corrected chi connectivity index (χ4v) is 6.08. The molecule has 2 saturated heterocycles. The molecule has 0 aromatic rings. The van der Waals surface area contributed by atoms with Gasteiger partial charge in [0.25, 0.3) is 0 Å². The molecule has 0 spiro atoms. The van der Waals surface area contributed by atoms with Gasteiger partial charge < -0.3 is 15.5 Å². The van der Waals surface area contributed by atoms with E-state index in [0.29, 0.717) is 29.7 Å². The molecule has 2 aliphatic heterocycles. The number of hydrogen-bond acceptors (Lipinski definition) is 3. The monoisotopic (exact) mass is 411 g/mol. The first-order valence-electron chi connectivity index (χ1n) is 11.4. The van der Waals surface area contributed by atoms with E-state index in [1.54, 1.807) is 0 Å². The normalized spacial score (nSPS) is 34.6. The van der Waals surface area contributed by atoms with Crippen molar-refractivity contribution in [1.29, 1.82) is 0 Å². The molecule has 2 bridgehead atoms. The quantitative estimate of drug-likeness (QED) is 0.759. The molecule has 2 atom stereocenters. The van der Waals surface area contributed by atoms with Crippen LogP contribution in [-0.4, -0.2) is 53.8 Å². The van der Waals surface area contributed by atoms with Gasteiger partial charge >= 0.3 is 0 Å². The predicted octanol–water partition coefficient (Wildman–Crippen LogP) is 3.06. The molecule has 2 heterocycles. The van der Waals surface area contributed by atoms with Crippen LogP contribution in [0, 0.1) is 29.6 Å². The van der Waals surface area contributed by atoms with Gasteiger partial charge in [-0.3, -0.25) is 9.59 Å². The molecule has 2 amide bonds. The van der Waals surface area contributed by atoms with Crippen LogP contribution in [0.15, 0.2) is 0 Å². The first-order valence-corrected chi connectivity index (χ1v) is 11.4. The highest BCUT2D eigenvalue weighted by Crippen LogP contribution is 2.42. The third kappa shape index (κ3) is 4.51. The third-order valence-corrected chi connectivity index (χ3v) is 8.01. The maximum Gasteiger partial charge on any atom is 0.225 e. The van der Waals surface area contributed by atoms with Crippen LogP contribution in [-0.2, 0) is 9.59 Å². The lowest BCUT2D eigenvalue weighted by Gasteiger charge is -2.45. The molecule has 4 fully saturated rings. The zero-order valence-corrected chi connectivity index (χ0v) is 18.2. The van der Waals surface area contributed by atoms with Gasteiger partial charge in [-0.2, -0.15) is 0 Å². The number of nitrogens with two attached hydrogens (primary N) is 1. The topological polar surface area (TPSA) is 66.6 Å². The summed E-state index contributed by atoms with van der Waals surface area (Å²) in [7, 11) is 0. The summed E-state index contributed by atoms with van der Waals surface area (Å²) in [6.45, 7) is 5.64. The Bertz CT molecular complexity index is 542. The van der Waals surface area contributed by atoms with E-state index in [-0.39, 0.29) is 24.2 Å². The fourth-order valence-electron chi connectivity index (χ4n) is 6.08. The minimum Gasteiger partial charge on any atom is -0.342 e. The van der Waals surface area contributed by atoms with Gasteiger partial charge in [0.2, 0.25) is 11.8 Å². The second-order valence-electron chi connectivity index (χ2n) is 9.80. The van der Waals surface area contributed by atoms with Gasteiger partial charge in [-0.25, -0.2) is 0 Å². The van der Waals surface area contributed by atoms with Crippen molar-refractivity contribution in [3.63, 3.8) is 0 Å². The largest absolute Gasteiger partial charge is 0.342 e. The molecule has 5 nitrogen and oxygen atoms in total. The number of likely N-dealkylation sites (tertiary alicyclic amines) is 2. The smallest absolute Gasteiger partial charge is 0.225 e. The number of halogens is 1. The summed E-state index contributed by atoms with van der Waals surface area (Å²) < 4.78 is 0. The summed E-state index contributed by atoms with van der Waals surface area (Å²) in [5, 5.41) is 0. The standard InChI is InChI=1S/C22H37N3O2.ClH/c1-15-5-9-24(10-6-15)21(26)16-7-11-25(12-8-16)22(27)19-13-17-3-2-4-18(14-19)20(17)23;/h15-20H,2-14,23H2,1H3;1H. The highest BCUT2D eigenvalue weighted by molar-refractivity contribution is 5.85. The molecular weight excluding hydrogens is 374 g/mol. The molecule has 4 rings (SSSR count). The minimum atomic E-state index is 0. The van der Waals surface area contributed by atoms with Gasteiger partial charge in [-0.05, 0) is 69.1 Å². The van der Waals surface area contributed by atoms with Gasteiger partial charge in [0, 0.05) is 44.1 Å². The second kappa shape index (κ2) is 9.34. The summed E-state index contributed by atoms with van der Waals surface area (Å²) in [4.78, 5) is 30.0. The Hall–Kier alpha value is -0.810. The molecule has 28 heavy (non-hydrogen) atoms. The van der Waals surface area contributed by atoms with Crippen molar-refractivity contribution < 1.29 is 9.59 Å². The Morgan fingerprint density at radius 3 is 1.75 bits per heavy atom. The lowest BCUT2D eigenvalue weighted by Crippen LogP contribution is -2.51. The Morgan fingerprint density at radius 1 is 0.750 bits per heavy atom. The number of hydrogen-bond donors (Lipinski definition) is 1. The minimum absolute atomic E-state index is 0. The first kappa shape index (κ1) is 21.9. The van der Waals surface area contributed by atoms with Crippen molar-refractivity contribution in [2.75, 3.05) is 26.2 Å². The number of piperidine rings is 2. The molecular formula is C22H38ClN3O2.